The van der Waals surface area contributed by atoms with Crippen molar-refractivity contribution in [1.82, 2.24) is 0 Å². The maximum absolute atomic E-state index is 14.5. The van der Waals surface area contributed by atoms with E-state index >= 15 is 0 Å². The van der Waals surface area contributed by atoms with Crippen LogP contribution in [0.25, 0.3) is 5.31 Å². The van der Waals surface area contributed by atoms with Crippen LogP contribution in [0.5, 0.6) is 0 Å². The maximum Gasteiger partial charge on any atom is 0.131 e. The Morgan fingerprint density at radius 3 is 2.41 bits per heavy atom. The minimum atomic E-state index is -0.0418. The number of benzene rings is 1. The van der Waals surface area contributed by atoms with Crippen LogP contribution in [-0.4, -0.2) is 0 Å². The second-order valence-electron chi connectivity index (χ2n) is 9.99. The zero-order chi connectivity index (χ0) is 21.0. The van der Waals surface area contributed by atoms with Crippen molar-refractivity contribution in [1.29, 1.82) is 0 Å². The summed E-state index contributed by atoms with van der Waals surface area (Å²) in [6.07, 6.45) is 14.8. The monoisotopic (exact) mass is 416 g/mol. The minimum absolute atomic E-state index is 0.0418. The Balaban J connectivity index is 1.60. The summed E-state index contributed by atoms with van der Waals surface area (Å²) in [5, 5.41) is 1.14. The van der Waals surface area contributed by atoms with Gasteiger partial charge in [-0.2, -0.15) is 0 Å². The van der Waals surface area contributed by atoms with Gasteiger partial charge in [0.1, 0.15) is 5.82 Å². The fourth-order valence-electron chi connectivity index (χ4n) is 6.14. The van der Waals surface area contributed by atoms with Gasteiger partial charge in [-0.15, -0.1) is 9.24 Å². The molecule has 1 fully saturated rings. The van der Waals surface area contributed by atoms with E-state index in [0.717, 1.165) is 40.6 Å². The van der Waals surface area contributed by atoms with Gasteiger partial charge in [-0.05, 0) is 85.2 Å². The molecule has 29 heavy (non-hydrogen) atoms. The van der Waals surface area contributed by atoms with E-state index < -0.39 is 0 Å². The van der Waals surface area contributed by atoms with E-state index in [2.05, 4.69) is 36.1 Å². The third-order valence-corrected chi connectivity index (χ3v) is 8.45. The van der Waals surface area contributed by atoms with Crippen LogP contribution in [-0.2, 0) is 6.42 Å². The van der Waals surface area contributed by atoms with Crippen molar-refractivity contribution in [3.8, 4) is 0 Å². The lowest BCUT2D eigenvalue weighted by molar-refractivity contribution is 0.176. The van der Waals surface area contributed by atoms with E-state index in [1.807, 2.05) is 6.92 Å². The molecule has 0 heterocycles. The molecule has 0 nitrogen and oxygen atoms in total. The molecule has 2 heteroatoms. The highest BCUT2D eigenvalue weighted by Crippen LogP contribution is 2.44. The molecule has 2 aliphatic rings. The Bertz CT molecular complexity index is 711. The number of hydrogen-bond donors (Lipinski definition) is 0. The van der Waals surface area contributed by atoms with E-state index in [-0.39, 0.29) is 5.82 Å². The predicted molar refractivity (Wildman–Crippen MR) is 129 cm³/mol. The van der Waals surface area contributed by atoms with Crippen LogP contribution in [0, 0.1) is 36.4 Å². The summed E-state index contributed by atoms with van der Waals surface area (Å²) in [7, 11) is 2.86. The van der Waals surface area contributed by atoms with Crippen molar-refractivity contribution in [2.24, 2.45) is 23.7 Å². The Morgan fingerprint density at radius 2 is 1.76 bits per heavy atom. The summed E-state index contributed by atoms with van der Waals surface area (Å²) in [5.74, 6) is 3.34. The minimum Gasteiger partial charge on any atom is -0.206 e. The average Bonchev–Trinajstić information content (AvgIpc) is 3.02. The van der Waals surface area contributed by atoms with E-state index in [9.17, 15) is 4.39 Å². The quantitative estimate of drug-likeness (QED) is 0.353. The molecule has 0 radical (unpaired) electrons. The summed E-state index contributed by atoms with van der Waals surface area (Å²) in [6.45, 7) is 9.05. The number of fused-ring (bicyclic) bond motifs is 1. The molecule has 1 saturated carbocycles. The molecular formula is C27H42FP. The van der Waals surface area contributed by atoms with Crippen LogP contribution in [0.2, 0.25) is 0 Å². The summed E-state index contributed by atoms with van der Waals surface area (Å²) >= 11 is 0. The van der Waals surface area contributed by atoms with Crippen LogP contribution >= 0.6 is 9.24 Å². The van der Waals surface area contributed by atoms with Gasteiger partial charge in [0, 0.05) is 5.56 Å². The molecule has 0 aliphatic heterocycles. The molecular weight excluding hydrogens is 374 g/mol. The van der Waals surface area contributed by atoms with Crippen LogP contribution in [0.1, 0.15) is 102 Å². The van der Waals surface area contributed by atoms with Gasteiger partial charge in [-0.25, -0.2) is 4.39 Å². The first kappa shape index (κ1) is 23.0. The Hall–Kier alpha value is -0.680. The number of halogens is 1. The van der Waals surface area contributed by atoms with E-state index in [4.69, 9.17) is 0 Å². The first-order chi connectivity index (χ1) is 13.9. The van der Waals surface area contributed by atoms with Gasteiger partial charge >= 0.3 is 0 Å². The van der Waals surface area contributed by atoms with E-state index in [0.29, 0.717) is 5.92 Å². The van der Waals surface area contributed by atoms with Crippen LogP contribution in [0.3, 0.4) is 0 Å². The first-order valence-electron chi connectivity index (χ1n) is 12.2. The highest BCUT2D eigenvalue weighted by molar-refractivity contribution is 7.31. The molecule has 0 spiro atoms. The molecule has 3 atom stereocenters. The molecule has 0 bridgehead atoms. The molecule has 3 rings (SSSR count). The third-order valence-electron chi connectivity index (χ3n) is 7.79. The van der Waals surface area contributed by atoms with Gasteiger partial charge in [0.2, 0.25) is 0 Å². The summed E-state index contributed by atoms with van der Waals surface area (Å²) < 4.78 is 14.5. The van der Waals surface area contributed by atoms with Crippen LogP contribution in [0.4, 0.5) is 4.39 Å². The molecule has 2 aliphatic carbocycles. The highest BCUT2D eigenvalue weighted by Gasteiger charge is 2.29. The van der Waals surface area contributed by atoms with Gasteiger partial charge in [0.15, 0.2) is 0 Å². The maximum atomic E-state index is 14.5. The lowest BCUT2D eigenvalue weighted by Crippen LogP contribution is -2.22. The third kappa shape index (κ3) is 5.52. The average molecular weight is 417 g/mol. The number of aryl methyl sites for hydroxylation is 1. The second-order valence-corrected chi connectivity index (χ2v) is 10.6. The zero-order valence-electron chi connectivity index (χ0n) is 19.2. The van der Waals surface area contributed by atoms with E-state index in [1.54, 1.807) is 6.07 Å². The normalized spacial score (nSPS) is 23.9. The predicted octanol–water partition coefficient (Wildman–Crippen LogP) is 8.72. The van der Waals surface area contributed by atoms with Crippen molar-refractivity contribution in [3.63, 3.8) is 0 Å². The number of rotatable bonds is 9. The molecule has 0 amide bonds. The molecule has 1 aromatic carbocycles. The van der Waals surface area contributed by atoms with Crippen LogP contribution < -0.4 is 0 Å². The summed E-state index contributed by atoms with van der Waals surface area (Å²) in [6, 6.07) is 3.86. The first-order valence-corrected chi connectivity index (χ1v) is 12.8. The van der Waals surface area contributed by atoms with Crippen molar-refractivity contribution in [2.45, 2.75) is 98.3 Å². The lowest BCUT2D eigenvalue weighted by atomic mass is 9.71. The molecule has 0 N–H and O–H groups in total. The highest BCUT2D eigenvalue weighted by atomic mass is 31.0. The summed E-state index contributed by atoms with van der Waals surface area (Å²) in [5.41, 5.74) is 4.54. The smallest absolute Gasteiger partial charge is 0.131 e. The largest absolute Gasteiger partial charge is 0.206 e. The van der Waals surface area contributed by atoms with E-state index in [1.165, 1.54) is 75.3 Å². The molecule has 162 valence electrons. The van der Waals surface area contributed by atoms with Crippen molar-refractivity contribution < 1.29 is 4.39 Å². The zero-order valence-corrected chi connectivity index (χ0v) is 20.4. The Morgan fingerprint density at radius 1 is 1.03 bits per heavy atom. The lowest BCUT2D eigenvalue weighted by Gasteiger charge is -2.34. The molecule has 1 aromatic rings. The fourth-order valence-corrected chi connectivity index (χ4v) is 6.85. The van der Waals surface area contributed by atoms with Gasteiger partial charge < -0.3 is 0 Å². The summed E-state index contributed by atoms with van der Waals surface area (Å²) in [4.78, 5) is 0. The Kier molecular flexibility index (Phi) is 8.38. The SMILES string of the molecule is CCCC1CCC(C(CCC)CCC(C)C2=C(P)c3c(F)cc(C)cc3C2)CC1. The van der Waals surface area contributed by atoms with Crippen LogP contribution in [0.15, 0.2) is 17.7 Å². The number of hydrogen-bond acceptors (Lipinski definition) is 0. The topological polar surface area (TPSA) is 0 Å². The Labute approximate surface area is 181 Å². The van der Waals surface area contributed by atoms with Gasteiger partial charge in [-0.1, -0.05) is 70.9 Å². The van der Waals surface area contributed by atoms with Crippen molar-refractivity contribution in [2.75, 3.05) is 0 Å². The number of allylic oxidation sites excluding steroid dienone is 1. The van der Waals surface area contributed by atoms with Gasteiger partial charge in [-0.3, -0.25) is 0 Å². The van der Waals surface area contributed by atoms with Gasteiger partial charge in [0.05, 0.1) is 0 Å². The van der Waals surface area contributed by atoms with Crippen molar-refractivity contribution in [3.05, 3.63) is 40.2 Å². The molecule has 3 unspecified atom stereocenters. The standard InChI is InChI=1S/C27H42FP/c1-5-7-20-10-13-22(14-11-20)21(8-6-2)12-9-19(4)24-17-23-15-18(3)16-25(28)26(23)27(24)29/h15-16,19-22H,5-14,17,29H2,1-4H3. The molecule has 0 saturated heterocycles. The fraction of sp³-hybridized carbons (Fsp3) is 0.704. The van der Waals surface area contributed by atoms with Crippen molar-refractivity contribution >= 4 is 14.6 Å². The second kappa shape index (κ2) is 10.6. The molecule has 0 aromatic heterocycles. The van der Waals surface area contributed by atoms with Gasteiger partial charge in [0.25, 0.3) is 0 Å².